The van der Waals surface area contributed by atoms with Crippen LogP contribution in [-0.4, -0.2) is 17.9 Å². The molecule has 0 aliphatic rings. The summed E-state index contributed by atoms with van der Waals surface area (Å²) in [5.41, 5.74) is 3.04. The van der Waals surface area contributed by atoms with Crippen molar-refractivity contribution in [2.24, 2.45) is 0 Å². The van der Waals surface area contributed by atoms with Crippen LogP contribution in [0, 0.1) is 13.8 Å². The Labute approximate surface area is 105 Å². The molecule has 0 spiro atoms. The molecule has 0 aliphatic carbocycles. The van der Waals surface area contributed by atoms with Crippen molar-refractivity contribution in [2.75, 3.05) is 7.05 Å². The second-order valence-electron chi connectivity index (χ2n) is 3.88. The Bertz CT molecular complexity index is 560. The second-order valence-corrected chi connectivity index (χ2v) is 4.88. The van der Waals surface area contributed by atoms with Crippen LogP contribution < -0.4 is 5.32 Å². The van der Waals surface area contributed by atoms with Crippen LogP contribution in [0.5, 0.6) is 0 Å². The van der Waals surface area contributed by atoms with Gasteiger partial charge < -0.3 is 5.32 Å². The van der Waals surface area contributed by atoms with Crippen molar-refractivity contribution in [1.82, 2.24) is 10.3 Å². The van der Waals surface area contributed by atoms with Gasteiger partial charge in [-0.2, -0.15) is 0 Å². The summed E-state index contributed by atoms with van der Waals surface area (Å²) < 4.78 is 0. The van der Waals surface area contributed by atoms with E-state index in [1.54, 1.807) is 7.05 Å². The lowest BCUT2D eigenvalue weighted by molar-refractivity contribution is 0.0966. The summed E-state index contributed by atoms with van der Waals surface area (Å²) in [7, 11) is 1.63. The Kier molecular flexibility index (Phi) is 3.24. The van der Waals surface area contributed by atoms with E-state index in [1.807, 2.05) is 32.0 Å². The number of nitrogens with zero attached hydrogens (tertiary/aromatic N) is 1. The smallest absolute Gasteiger partial charge is 0.263 e. The van der Waals surface area contributed by atoms with Crippen LogP contribution in [0.15, 0.2) is 24.3 Å². The molecule has 2 aromatic rings. The number of aromatic nitrogens is 1. The van der Waals surface area contributed by atoms with Crippen LogP contribution in [-0.2, 0) is 0 Å². The molecule has 1 heterocycles. The predicted molar refractivity (Wildman–Crippen MR) is 70.4 cm³/mol. The first-order chi connectivity index (χ1) is 8.11. The SMILES string of the molecule is CNC(=O)c1sc(-c2cccc(C)c2)nc1C. The molecule has 0 aliphatic heterocycles. The molecule has 0 fully saturated rings. The van der Waals surface area contributed by atoms with Gasteiger partial charge in [0.15, 0.2) is 0 Å². The second kappa shape index (κ2) is 4.67. The summed E-state index contributed by atoms with van der Waals surface area (Å²) in [4.78, 5) is 16.7. The summed E-state index contributed by atoms with van der Waals surface area (Å²) in [6, 6.07) is 8.13. The van der Waals surface area contributed by atoms with Crippen LogP contribution in [0.3, 0.4) is 0 Å². The Morgan fingerprint density at radius 3 is 2.76 bits per heavy atom. The van der Waals surface area contributed by atoms with E-state index >= 15 is 0 Å². The lowest BCUT2D eigenvalue weighted by Gasteiger charge is -1.97. The third kappa shape index (κ3) is 2.36. The topological polar surface area (TPSA) is 42.0 Å². The standard InChI is InChI=1S/C13H14N2OS/c1-8-5-4-6-10(7-8)13-15-9(2)11(17-13)12(16)14-3/h4-7H,1-3H3,(H,14,16). The van der Waals surface area contributed by atoms with Crippen molar-refractivity contribution >= 4 is 17.2 Å². The maximum atomic E-state index is 11.6. The van der Waals surface area contributed by atoms with Gasteiger partial charge in [-0.05, 0) is 19.9 Å². The summed E-state index contributed by atoms with van der Waals surface area (Å²) in [6.07, 6.45) is 0. The van der Waals surface area contributed by atoms with Gasteiger partial charge in [-0.3, -0.25) is 4.79 Å². The van der Waals surface area contributed by atoms with Crippen LogP contribution >= 0.6 is 11.3 Å². The number of carbonyl (C=O) groups excluding carboxylic acids is 1. The van der Waals surface area contributed by atoms with Crippen molar-refractivity contribution in [3.8, 4) is 10.6 Å². The molecular formula is C13H14N2OS. The minimum absolute atomic E-state index is 0.0705. The average Bonchev–Trinajstić information content (AvgIpc) is 2.70. The van der Waals surface area contributed by atoms with Gasteiger partial charge >= 0.3 is 0 Å². The van der Waals surface area contributed by atoms with E-state index in [0.717, 1.165) is 16.3 Å². The quantitative estimate of drug-likeness (QED) is 0.885. The molecule has 0 saturated heterocycles. The minimum atomic E-state index is -0.0705. The van der Waals surface area contributed by atoms with Crippen molar-refractivity contribution < 1.29 is 4.79 Å². The van der Waals surface area contributed by atoms with E-state index in [4.69, 9.17) is 0 Å². The van der Waals surface area contributed by atoms with E-state index in [1.165, 1.54) is 16.9 Å². The lowest BCUT2D eigenvalue weighted by atomic mass is 10.1. The summed E-state index contributed by atoms with van der Waals surface area (Å²) in [5.74, 6) is -0.0705. The van der Waals surface area contributed by atoms with Crippen molar-refractivity contribution in [1.29, 1.82) is 0 Å². The van der Waals surface area contributed by atoms with Crippen LogP contribution in [0.25, 0.3) is 10.6 Å². The molecule has 0 saturated carbocycles. The van der Waals surface area contributed by atoms with Crippen molar-refractivity contribution in [3.63, 3.8) is 0 Å². The molecule has 4 heteroatoms. The lowest BCUT2D eigenvalue weighted by Crippen LogP contribution is -2.17. The molecular weight excluding hydrogens is 232 g/mol. The molecule has 1 aromatic carbocycles. The Morgan fingerprint density at radius 1 is 1.35 bits per heavy atom. The first-order valence-electron chi connectivity index (χ1n) is 5.38. The number of amides is 1. The largest absolute Gasteiger partial charge is 0.354 e. The van der Waals surface area contributed by atoms with E-state index in [0.29, 0.717) is 4.88 Å². The van der Waals surface area contributed by atoms with E-state index < -0.39 is 0 Å². The van der Waals surface area contributed by atoms with Crippen LogP contribution in [0.1, 0.15) is 20.9 Å². The highest BCUT2D eigenvalue weighted by Crippen LogP contribution is 2.28. The zero-order valence-electron chi connectivity index (χ0n) is 10.1. The molecule has 0 bridgehead atoms. The Balaban J connectivity index is 2.44. The fraction of sp³-hybridized carbons (Fsp3) is 0.231. The predicted octanol–water partition coefficient (Wildman–Crippen LogP) is 2.79. The van der Waals surface area contributed by atoms with Gasteiger partial charge in [0.2, 0.25) is 0 Å². The van der Waals surface area contributed by atoms with Gasteiger partial charge in [0.1, 0.15) is 9.88 Å². The normalized spacial score (nSPS) is 10.3. The number of carbonyl (C=O) groups is 1. The molecule has 0 radical (unpaired) electrons. The third-order valence-corrected chi connectivity index (χ3v) is 3.70. The molecule has 1 aromatic heterocycles. The van der Waals surface area contributed by atoms with Crippen LogP contribution in [0.2, 0.25) is 0 Å². The molecule has 1 amide bonds. The van der Waals surface area contributed by atoms with Gasteiger partial charge in [0, 0.05) is 12.6 Å². The maximum absolute atomic E-state index is 11.6. The Hall–Kier alpha value is -1.68. The summed E-state index contributed by atoms with van der Waals surface area (Å²) in [5, 5.41) is 3.52. The molecule has 0 unspecified atom stereocenters. The fourth-order valence-electron chi connectivity index (χ4n) is 1.62. The van der Waals surface area contributed by atoms with Gasteiger partial charge in [-0.1, -0.05) is 23.8 Å². The molecule has 2 rings (SSSR count). The number of hydrogen-bond acceptors (Lipinski definition) is 3. The highest BCUT2D eigenvalue weighted by atomic mass is 32.1. The van der Waals surface area contributed by atoms with Crippen molar-refractivity contribution in [2.45, 2.75) is 13.8 Å². The first kappa shape index (κ1) is 11.8. The monoisotopic (exact) mass is 246 g/mol. The average molecular weight is 246 g/mol. The minimum Gasteiger partial charge on any atom is -0.354 e. The van der Waals surface area contributed by atoms with Gasteiger partial charge in [0.25, 0.3) is 5.91 Å². The Morgan fingerprint density at radius 2 is 2.12 bits per heavy atom. The zero-order valence-corrected chi connectivity index (χ0v) is 10.9. The van der Waals surface area contributed by atoms with Gasteiger partial charge in [0.05, 0.1) is 5.69 Å². The summed E-state index contributed by atoms with van der Waals surface area (Å²) in [6.45, 7) is 3.91. The number of rotatable bonds is 2. The van der Waals surface area contributed by atoms with Gasteiger partial charge in [-0.25, -0.2) is 4.98 Å². The van der Waals surface area contributed by atoms with Crippen LogP contribution in [0.4, 0.5) is 0 Å². The molecule has 1 N–H and O–H groups in total. The number of aryl methyl sites for hydroxylation is 2. The first-order valence-corrected chi connectivity index (χ1v) is 6.20. The van der Waals surface area contributed by atoms with E-state index in [2.05, 4.69) is 16.4 Å². The fourth-order valence-corrected chi connectivity index (χ4v) is 2.63. The summed E-state index contributed by atoms with van der Waals surface area (Å²) >= 11 is 1.43. The van der Waals surface area contributed by atoms with E-state index in [-0.39, 0.29) is 5.91 Å². The number of thiazole rings is 1. The van der Waals surface area contributed by atoms with Crippen molar-refractivity contribution in [3.05, 3.63) is 40.4 Å². The van der Waals surface area contributed by atoms with Gasteiger partial charge in [-0.15, -0.1) is 11.3 Å². The number of nitrogens with one attached hydrogen (secondary N) is 1. The molecule has 88 valence electrons. The molecule has 17 heavy (non-hydrogen) atoms. The highest BCUT2D eigenvalue weighted by molar-refractivity contribution is 7.17. The maximum Gasteiger partial charge on any atom is 0.263 e. The number of benzene rings is 1. The highest BCUT2D eigenvalue weighted by Gasteiger charge is 2.14. The molecule has 0 atom stereocenters. The number of hydrogen-bond donors (Lipinski definition) is 1. The third-order valence-electron chi connectivity index (χ3n) is 2.49. The van der Waals surface area contributed by atoms with E-state index in [9.17, 15) is 4.79 Å². The molecule has 3 nitrogen and oxygen atoms in total. The zero-order chi connectivity index (χ0) is 12.4.